The molecule has 0 unspecified atom stereocenters. The Kier molecular flexibility index (Phi) is 4.48. The lowest BCUT2D eigenvalue weighted by atomic mass is 10.1. The molecule has 0 spiro atoms. The summed E-state index contributed by atoms with van der Waals surface area (Å²) < 4.78 is 7.38. The smallest absolute Gasteiger partial charge is 0.224 e. The Balaban J connectivity index is 2.04. The Morgan fingerprint density at radius 3 is 2.88 bits per heavy atom. The van der Waals surface area contributed by atoms with Crippen LogP contribution in [0.4, 0.5) is 11.8 Å². The van der Waals surface area contributed by atoms with Gasteiger partial charge in [0.1, 0.15) is 11.3 Å². The normalized spacial score (nSPS) is 11.0. The average Bonchev–Trinajstić information content (AvgIpc) is 2.98. The quantitative estimate of drug-likeness (QED) is 0.627. The minimum atomic E-state index is -0.0255. The first kappa shape index (κ1) is 16.0. The molecule has 2 aromatic heterocycles. The molecule has 0 aliphatic rings. The molecule has 8 heteroatoms. The predicted octanol–water partition coefficient (Wildman–Crippen LogP) is 1.39. The van der Waals surface area contributed by atoms with Crippen molar-refractivity contribution in [3.8, 4) is 5.75 Å². The number of imidazole rings is 1. The SMILES string of the molecule is CCNc1nc(N)nc2ncn(Cc3ccc(CO)cc3OC)c12. The molecule has 2 heterocycles. The Morgan fingerprint density at radius 1 is 1.33 bits per heavy atom. The third-order valence-electron chi connectivity index (χ3n) is 3.71. The molecule has 1 aromatic carbocycles. The number of nitrogens with one attached hydrogen (secondary N) is 1. The number of fused-ring (bicyclic) bond motifs is 1. The Hall–Kier alpha value is -2.87. The van der Waals surface area contributed by atoms with Gasteiger partial charge < -0.3 is 25.5 Å². The van der Waals surface area contributed by atoms with Gasteiger partial charge >= 0.3 is 0 Å². The molecule has 0 aliphatic heterocycles. The van der Waals surface area contributed by atoms with Crippen LogP contribution in [0.1, 0.15) is 18.1 Å². The zero-order valence-electron chi connectivity index (χ0n) is 13.7. The van der Waals surface area contributed by atoms with Gasteiger partial charge in [0.25, 0.3) is 0 Å². The van der Waals surface area contributed by atoms with Crippen molar-refractivity contribution in [1.82, 2.24) is 19.5 Å². The maximum absolute atomic E-state index is 9.26. The average molecular weight is 328 g/mol. The number of nitrogen functional groups attached to an aromatic ring is 1. The summed E-state index contributed by atoms with van der Waals surface area (Å²) in [6, 6.07) is 5.63. The fourth-order valence-corrected chi connectivity index (χ4v) is 2.61. The zero-order valence-corrected chi connectivity index (χ0v) is 13.7. The second-order valence-corrected chi connectivity index (χ2v) is 5.31. The number of rotatable bonds is 6. The van der Waals surface area contributed by atoms with Crippen molar-refractivity contribution >= 4 is 22.9 Å². The number of hydrogen-bond donors (Lipinski definition) is 3. The summed E-state index contributed by atoms with van der Waals surface area (Å²) in [7, 11) is 1.61. The largest absolute Gasteiger partial charge is 0.496 e. The van der Waals surface area contributed by atoms with E-state index in [0.717, 1.165) is 16.6 Å². The lowest BCUT2D eigenvalue weighted by Gasteiger charge is -2.12. The van der Waals surface area contributed by atoms with Gasteiger partial charge in [-0.15, -0.1) is 0 Å². The summed E-state index contributed by atoms with van der Waals surface area (Å²) in [5, 5.41) is 12.5. The number of aliphatic hydroxyl groups is 1. The highest BCUT2D eigenvalue weighted by molar-refractivity contribution is 5.84. The van der Waals surface area contributed by atoms with Crippen molar-refractivity contribution in [3.63, 3.8) is 0 Å². The van der Waals surface area contributed by atoms with E-state index >= 15 is 0 Å². The molecular weight excluding hydrogens is 308 g/mol. The number of benzene rings is 1. The molecule has 0 saturated carbocycles. The van der Waals surface area contributed by atoms with Gasteiger partial charge in [0, 0.05) is 12.1 Å². The van der Waals surface area contributed by atoms with Crippen LogP contribution < -0.4 is 15.8 Å². The Morgan fingerprint density at radius 2 is 2.17 bits per heavy atom. The van der Waals surface area contributed by atoms with Crippen LogP contribution in [0.3, 0.4) is 0 Å². The number of nitrogens with two attached hydrogens (primary N) is 1. The van der Waals surface area contributed by atoms with Crippen molar-refractivity contribution in [3.05, 3.63) is 35.7 Å². The molecule has 24 heavy (non-hydrogen) atoms. The van der Waals surface area contributed by atoms with E-state index in [2.05, 4.69) is 20.3 Å². The molecule has 8 nitrogen and oxygen atoms in total. The van der Waals surface area contributed by atoms with Crippen molar-refractivity contribution in [1.29, 1.82) is 0 Å². The van der Waals surface area contributed by atoms with Gasteiger partial charge in [-0.05, 0) is 18.6 Å². The van der Waals surface area contributed by atoms with Gasteiger partial charge in [0.2, 0.25) is 5.95 Å². The van der Waals surface area contributed by atoms with E-state index in [1.807, 2.05) is 29.7 Å². The molecule has 0 atom stereocenters. The number of ether oxygens (including phenoxy) is 1. The van der Waals surface area contributed by atoms with Crippen LogP contribution in [0, 0.1) is 0 Å². The second-order valence-electron chi connectivity index (χ2n) is 5.31. The highest BCUT2D eigenvalue weighted by atomic mass is 16.5. The van der Waals surface area contributed by atoms with E-state index in [1.165, 1.54) is 0 Å². The Labute approximate surface area is 139 Å². The first-order chi connectivity index (χ1) is 11.7. The number of aliphatic hydroxyl groups excluding tert-OH is 1. The number of nitrogens with zero attached hydrogens (tertiary/aromatic N) is 4. The summed E-state index contributed by atoms with van der Waals surface area (Å²) in [4.78, 5) is 12.8. The van der Waals surface area contributed by atoms with Crippen LogP contribution in [0.15, 0.2) is 24.5 Å². The molecule has 0 bridgehead atoms. The summed E-state index contributed by atoms with van der Waals surface area (Å²) in [5.41, 5.74) is 8.84. The number of hydrogen-bond acceptors (Lipinski definition) is 7. The van der Waals surface area contributed by atoms with Gasteiger partial charge in [-0.25, -0.2) is 4.98 Å². The second kappa shape index (κ2) is 6.71. The molecule has 4 N–H and O–H groups in total. The number of methoxy groups -OCH3 is 1. The van der Waals surface area contributed by atoms with Gasteiger partial charge in [0.15, 0.2) is 11.5 Å². The number of anilines is 2. The summed E-state index contributed by atoms with van der Waals surface area (Å²) in [6.07, 6.45) is 1.71. The third-order valence-corrected chi connectivity index (χ3v) is 3.71. The van der Waals surface area contributed by atoms with E-state index in [-0.39, 0.29) is 12.6 Å². The molecule has 0 radical (unpaired) electrons. The van der Waals surface area contributed by atoms with E-state index in [4.69, 9.17) is 10.5 Å². The molecule has 0 amide bonds. The molecule has 0 saturated heterocycles. The first-order valence-corrected chi connectivity index (χ1v) is 7.65. The minimum Gasteiger partial charge on any atom is -0.496 e. The van der Waals surface area contributed by atoms with Gasteiger partial charge in [-0.2, -0.15) is 9.97 Å². The zero-order chi connectivity index (χ0) is 17.1. The summed E-state index contributed by atoms with van der Waals surface area (Å²) in [6.45, 7) is 3.21. The van der Waals surface area contributed by atoms with Crippen LogP contribution in [0.2, 0.25) is 0 Å². The number of aromatic nitrogens is 4. The van der Waals surface area contributed by atoms with Crippen LogP contribution in [0.25, 0.3) is 11.2 Å². The van der Waals surface area contributed by atoms with Crippen LogP contribution >= 0.6 is 0 Å². The van der Waals surface area contributed by atoms with Crippen molar-refractivity contribution in [2.45, 2.75) is 20.1 Å². The van der Waals surface area contributed by atoms with Gasteiger partial charge in [-0.1, -0.05) is 12.1 Å². The van der Waals surface area contributed by atoms with E-state index in [9.17, 15) is 5.11 Å². The van der Waals surface area contributed by atoms with E-state index < -0.39 is 0 Å². The summed E-state index contributed by atoms with van der Waals surface area (Å²) in [5.74, 6) is 1.56. The lowest BCUT2D eigenvalue weighted by molar-refractivity contribution is 0.281. The topological polar surface area (TPSA) is 111 Å². The van der Waals surface area contributed by atoms with Crippen LogP contribution in [-0.2, 0) is 13.2 Å². The fourth-order valence-electron chi connectivity index (χ4n) is 2.61. The minimum absolute atomic E-state index is 0.0255. The molecule has 0 fully saturated rings. The fraction of sp³-hybridized carbons (Fsp3) is 0.312. The third kappa shape index (κ3) is 2.95. The summed E-state index contributed by atoms with van der Waals surface area (Å²) >= 11 is 0. The molecule has 3 aromatic rings. The molecule has 0 aliphatic carbocycles. The van der Waals surface area contributed by atoms with Crippen molar-refractivity contribution in [2.24, 2.45) is 0 Å². The van der Waals surface area contributed by atoms with E-state index in [1.54, 1.807) is 13.4 Å². The first-order valence-electron chi connectivity index (χ1n) is 7.65. The van der Waals surface area contributed by atoms with E-state index in [0.29, 0.717) is 30.3 Å². The van der Waals surface area contributed by atoms with Crippen molar-refractivity contribution < 1.29 is 9.84 Å². The Bertz CT molecular complexity index is 861. The monoisotopic (exact) mass is 328 g/mol. The molecule has 126 valence electrons. The van der Waals surface area contributed by atoms with Gasteiger partial charge in [0.05, 0.1) is 26.6 Å². The van der Waals surface area contributed by atoms with Crippen LogP contribution in [0.5, 0.6) is 5.75 Å². The van der Waals surface area contributed by atoms with Crippen molar-refractivity contribution in [2.75, 3.05) is 24.7 Å². The highest BCUT2D eigenvalue weighted by Gasteiger charge is 2.14. The molecule has 3 rings (SSSR count). The highest BCUT2D eigenvalue weighted by Crippen LogP contribution is 2.25. The predicted molar refractivity (Wildman–Crippen MR) is 91.9 cm³/mol. The maximum atomic E-state index is 9.26. The molecular formula is C16H20N6O2. The maximum Gasteiger partial charge on any atom is 0.224 e. The van der Waals surface area contributed by atoms with Crippen LogP contribution in [-0.4, -0.2) is 38.3 Å². The van der Waals surface area contributed by atoms with Gasteiger partial charge in [-0.3, -0.25) is 0 Å². The lowest BCUT2D eigenvalue weighted by Crippen LogP contribution is -2.08. The standard InChI is InChI=1S/C16H20N6O2/c1-3-18-14-13-15(21-16(17)20-14)19-9-22(13)7-11-5-4-10(8-23)6-12(11)24-2/h4-6,9,23H,3,7-8H2,1-2H3,(H3,17,18,20,21).